The number of piperidine rings is 1. The molecule has 112 valence electrons. The fraction of sp³-hybridized carbons (Fsp3) is 0.529. The Morgan fingerprint density at radius 3 is 2.67 bits per heavy atom. The van der Waals surface area contributed by atoms with Crippen LogP contribution in [0, 0.1) is 5.92 Å². The molecule has 0 N–H and O–H groups in total. The summed E-state index contributed by atoms with van der Waals surface area (Å²) in [6.07, 6.45) is 0.440. The zero-order valence-electron chi connectivity index (χ0n) is 12.8. The minimum atomic E-state index is -0.489. The summed E-state index contributed by atoms with van der Waals surface area (Å²) in [6, 6.07) is 7.77. The number of rotatable bonds is 0. The smallest absolute Gasteiger partial charge is 0.410 e. The molecule has 1 amide bonds. The number of nitrogens with zero attached hydrogens (tertiary/aromatic N) is 1. The normalized spacial score (nSPS) is 24.5. The number of hydrogen-bond acceptors (Lipinski definition) is 3. The second-order valence-corrected chi connectivity index (χ2v) is 6.88. The van der Waals surface area contributed by atoms with E-state index in [1.54, 1.807) is 4.90 Å². The highest BCUT2D eigenvalue weighted by Crippen LogP contribution is 2.42. The molecular weight excluding hydrogens is 266 g/mol. The molecule has 1 heterocycles. The number of carbonyl (C=O) groups excluding carboxylic acids is 2. The first-order valence-corrected chi connectivity index (χ1v) is 7.48. The molecule has 3 rings (SSSR count). The topological polar surface area (TPSA) is 46.6 Å². The lowest BCUT2D eigenvalue weighted by Gasteiger charge is -2.35. The highest BCUT2D eigenvalue weighted by molar-refractivity contribution is 6.03. The van der Waals surface area contributed by atoms with Crippen LogP contribution < -0.4 is 0 Å². The van der Waals surface area contributed by atoms with E-state index < -0.39 is 5.60 Å². The van der Waals surface area contributed by atoms with Gasteiger partial charge < -0.3 is 9.64 Å². The average Bonchev–Trinajstić information content (AvgIpc) is 2.71. The summed E-state index contributed by atoms with van der Waals surface area (Å²) in [5, 5.41) is 0. The van der Waals surface area contributed by atoms with Crippen LogP contribution >= 0.6 is 0 Å². The lowest BCUT2D eigenvalue weighted by Crippen LogP contribution is -2.44. The SMILES string of the molecule is CC(C)(C)OC(=O)N1CCC2C(=O)c3ccccc3C2C1. The number of amides is 1. The standard InChI is InChI=1S/C17H21NO3/c1-17(2,3)21-16(20)18-9-8-13-14(10-18)11-6-4-5-7-12(11)15(13)19/h4-7,13-14H,8-10H2,1-3H3. The van der Waals surface area contributed by atoms with Gasteiger partial charge in [0.2, 0.25) is 0 Å². The molecule has 1 saturated heterocycles. The maximum absolute atomic E-state index is 12.4. The Bertz CT molecular complexity index is 588. The number of carbonyl (C=O) groups is 2. The van der Waals surface area contributed by atoms with E-state index in [0.29, 0.717) is 13.1 Å². The summed E-state index contributed by atoms with van der Waals surface area (Å²) in [4.78, 5) is 26.4. The van der Waals surface area contributed by atoms with Gasteiger partial charge in [-0.2, -0.15) is 0 Å². The van der Waals surface area contributed by atoms with Gasteiger partial charge in [0.15, 0.2) is 5.78 Å². The minimum Gasteiger partial charge on any atom is -0.444 e. The molecule has 4 nitrogen and oxygen atoms in total. The van der Waals surface area contributed by atoms with E-state index in [4.69, 9.17) is 4.74 Å². The molecule has 2 aliphatic rings. The van der Waals surface area contributed by atoms with Gasteiger partial charge in [0.25, 0.3) is 0 Å². The van der Waals surface area contributed by atoms with E-state index >= 15 is 0 Å². The van der Waals surface area contributed by atoms with E-state index in [1.807, 2.05) is 45.0 Å². The maximum Gasteiger partial charge on any atom is 0.410 e. The molecule has 2 atom stereocenters. The molecule has 0 spiro atoms. The Labute approximate surface area is 125 Å². The second kappa shape index (κ2) is 4.86. The molecule has 0 saturated carbocycles. The second-order valence-electron chi connectivity index (χ2n) is 6.88. The van der Waals surface area contributed by atoms with Crippen molar-refractivity contribution in [2.45, 2.75) is 38.7 Å². The largest absolute Gasteiger partial charge is 0.444 e. The highest BCUT2D eigenvalue weighted by atomic mass is 16.6. The zero-order chi connectivity index (χ0) is 15.2. The van der Waals surface area contributed by atoms with Crippen molar-refractivity contribution >= 4 is 11.9 Å². The molecule has 21 heavy (non-hydrogen) atoms. The molecule has 1 aromatic carbocycles. The summed E-state index contributed by atoms with van der Waals surface area (Å²) in [5.41, 5.74) is 1.43. The number of Topliss-reactive ketones (excluding diaryl/α,β-unsaturated/α-hetero) is 1. The number of benzene rings is 1. The summed E-state index contributed by atoms with van der Waals surface area (Å²) < 4.78 is 5.44. The molecule has 1 aliphatic heterocycles. The van der Waals surface area contributed by atoms with Gasteiger partial charge in [-0.25, -0.2) is 4.79 Å². The highest BCUT2D eigenvalue weighted by Gasteiger charge is 2.44. The van der Waals surface area contributed by atoms with Gasteiger partial charge >= 0.3 is 6.09 Å². The number of ketones is 1. The average molecular weight is 287 g/mol. The number of hydrogen-bond donors (Lipinski definition) is 0. The van der Waals surface area contributed by atoms with Crippen molar-refractivity contribution in [3.63, 3.8) is 0 Å². The Morgan fingerprint density at radius 2 is 1.95 bits per heavy atom. The first-order chi connectivity index (χ1) is 9.87. The fourth-order valence-corrected chi connectivity index (χ4v) is 3.32. The van der Waals surface area contributed by atoms with Crippen LogP contribution in [0.2, 0.25) is 0 Å². The minimum absolute atomic E-state index is 0.0288. The Kier molecular flexibility index (Phi) is 3.27. The van der Waals surface area contributed by atoms with Crippen LogP contribution in [0.4, 0.5) is 4.79 Å². The van der Waals surface area contributed by atoms with Gasteiger partial charge in [0, 0.05) is 30.5 Å². The molecular formula is C17H21NO3. The van der Waals surface area contributed by atoms with Crippen molar-refractivity contribution in [1.29, 1.82) is 0 Å². The molecule has 0 radical (unpaired) electrons. The molecule has 0 bridgehead atoms. The van der Waals surface area contributed by atoms with Crippen molar-refractivity contribution in [1.82, 2.24) is 4.90 Å². The monoisotopic (exact) mass is 287 g/mol. The van der Waals surface area contributed by atoms with Crippen LogP contribution in [-0.4, -0.2) is 35.5 Å². The third kappa shape index (κ3) is 2.55. The van der Waals surface area contributed by atoms with Crippen LogP contribution in [0.5, 0.6) is 0 Å². The third-order valence-corrected chi connectivity index (χ3v) is 4.23. The maximum atomic E-state index is 12.4. The molecule has 0 aromatic heterocycles. The number of likely N-dealkylation sites (tertiary alicyclic amines) is 1. The summed E-state index contributed by atoms with van der Waals surface area (Å²) in [7, 11) is 0. The zero-order valence-corrected chi connectivity index (χ0v) is 12.8. The molecule has 2 unspecified atom stereocenters. The van der Waals surface area contributed by atoms with Crippen molar-refractivity contribution in [3.05, 3.63) is 35.4 Å². The van der Waals surface area contributed by atoms with Crippen molar-refractivity contribution in [2.75, 3.05) is 13.1 Å². The third-order valence-electron chi connectivity index (χ3n) is 4.23. The van der Waals surface area contributed by atoms with Gasteiger partial charge in [-0.05, 0) is 32.8 Å². The fourth-order valence-electron chi connectivity index (χ4n) is 3.32. The quantitative estimate of drug-likeness (QED) is 0.736. The van der Waals surface area contributed by atoms with Gasteiger partial charge in [0.1, 0.15) is 5.60 Å². The van der Waals surface area contributed by atoms with Crippen LogP contribution in [0.25, 0.3) is 0 Å². The van der Waals surface area contributed by atoms with Crippen molar-refractivity contribution in [3.8, 4) is 0 Å². The summed E-state index contributed by atoms with van der Waals surface area (Å²) in [6.45, 7) is 6.77. The molecule has 1 aromatic rings. The first kappa shape index (κ1) is 14.1. The molecule has 4 heteroatoms. The number of fused-ring (bicyclic) bond motifs is 3. The predicted molar refractivity (Wildman–Crippen MR) is 79.4 cm³/mol. The molecule has 1 aliphatic carbocycles. The van der Waals surface area contributed by atoms with Crippen molar-refractivity contribution in [2.24, 2.45) is 5.92 Å². The van der Waals surface area contributed by atoms with Crippen LogP contribution in [0.3, 0.4) is 0 Å². The van der Waals surface area contributed by atoms with Gasteiger partial charge in [-0.15, -0.1) is 0 Å². The predicted octanol–water partition coefficient (Wildman–Crippen LogP) is 3.22. The van der Waals surface area contributed by atoms with Gasteiger partial charge in [-0.1, -0.05) is 24.3 Å². The summed E-state index contributed by atoms with van der Waals surface area (Å²) >= 11 is 0. The Hall–Kier alpha value is -1.84. The molecule has 1 fully saturated rings. The van der Waals surface area contributed by atoms with Crippen LogP contribution in [0.15, 0.2) is 24.3 Å². The first-order valence-electron chi connectivity index (χ1n) is 7.48. The Balaban J connectivity index is 1.79. The lowest BCUT2D eigenvalue weighted by molar-refractivity contribution is 0.0164. The summed E-state index contributed by atoms with van der Waals surface area (Å²) in [5.74, 6) is 0.385. The van der Waals surface area contributed by atoms with Gasteiger partial charge in [-0.3, -0.25) is 4.79 Å². The van der Waals surface area contributed by atoms with Gasteiger partial charge in [0.05, 0.1) is 0 Å². The van der Waals surface area contributed by atoms with E-state index in [2.05, 4.69) is 0 Å². The van der Waals surface area contributed by atoms with Crippen LogP contribution in [0.1, 0.15) is 49.0 Å². The van der Waals surface area contributed by atoms with Crippen molar-refractivity contribution < 1.29 is 14.3 Å². The van der Waals surface area contributed by atoms with E-state index in [0.717, 1.165) is 17.5 Å². The number of ether oxygens (including phenoxy) is 1. The van der Waals surface area contributed by atoms with E-state index in [9.17, 15) is 9.59 Å². The Morgan fingerprint density at radius 1 is 1.24 bits per heavy atom. The van der Waals surface area contributed by atoms with E-state index in [1.165, 1.54) is 0 Å². The van der Waals surface area contributed by atoms with E-state index in [-0.39, 0.29) is 23.7 Å². The van der Waals surface area contributed by atoms with Crippen LogP contribution in [-0.2, 0) is 4.74 Å². The lowest BCUT2D eigenvalue weighted by atomic mass is 9.86.